The minimum atomic E-state index is -0.173. The summed E-state index contributed by atoms with van der Waals surface area (Å²) in [6.07, 6.45) is 0. The topological polar surface area (TPSA) is 50.4 Å². The SMILES string of the molecule is COCc1cccc(CNC(=O)N[C@H](C)c2ccccc2)c1. The molecule has 0 fully saturated rings. The van der Waals surface area contributed by atoms with E-state index in [1.54, 1.807) is 7.11 Å². The van der Waals surface area contributed by atoms with Gasteiger partial charge in [0, 0.05) is 13.7 Å². The molecule has 22 heavy (non-hydrogen) atoms. The molecule has 2 aromatic carbocycles. The smallest absolute Gasteiger partial charge is 0.315 e. The Labute approximate surface area is 131 Å². The zero-order chi connectivity index (χ0) is 15.8. The number of ether oxygens (including phenoxy) is 1. The molecule has 2 aromatic rings. The molecule has 0 bridgehead atoms. The van der Waals surface area contributed by atoms with E-state index in [-0.39, 0.29) is 12.1 Å². The predicted molar refractivity (Wildman–Crippen MR) is 87.4 cm³/mol. The zero-order valence-electron chi connectivity index (χ0n) is 13.0. The van der Waals surface area contributed by atoms with Crippen molar-refractivity contribution in [2.24, 2.45) is 0 Å². The molecule has 0 heterocycles. The third-order valence-corrected chi connectivity index (χ3v) is 3.40. The number of methoxy groups -OCH3 is 1. The number of nitrogens with one attached hydrogen (secondary N) is 2. The third kappa shape index (κ3) is 4.90. The number of carbonyl (C=O) groups excluding carboxylic acids is 1. The Bertz CT molecular complexity index is 599. The lowest BCUT2D eigenvalue weighted by molar-refractivity contribution is 0.185. The van der Waals surface area contributed by atoms with Crippen LogP contribution in [0.4, 0.5) is 4.79 Å². The van der Waals surface area contributed by atoms with Crippen molar-refractivity contribution in [2.75, 3.05) is 7.11 Å². The first-order chi connectivity index (χ1) is 10.7. The molecule has 0 saturated heterocycles. The molecule has 0 unspecified atom stereocenters. The Kier molecular flexibility index (Phi) is 5.98. The van der Waals surface area contributed by atoms with Gasteiger partial charge in [-0.15, -0.1) is 0 Å². The lowest BCUT2D eigenvalue weighted by atomic mass is 10.1. The molecule has 4 heteroatoms. The highest BCUT2D eigenvalue weighted by Crippen LogP contribution is 2.11. The number of urea groups is 1. The van der Waals surface area contributed by atoms with Gasteiger partial charge in [0.15, 0.2) is 0 Å². The average Bonchev–Trinajstić information content (AvgIpc) is 2.54. The predicted octanol–water partition coefficient (Wildman–Crippen LogP) is 3.39. The molecule has 2 N–H and O–H groups in total. The second-order valence-corrected chi connectivity index (χ2v) is 5.21. The van der Waals surface area contributed by atoms with Gasteiger partial charge in [-0.3, -0.25) is 0 Å². The molecular weight excluding hydrogens is 276 g/mol. The first kappa shape index (κ1) is 16.0. The fourth-order valence-electron chi connectivity index (χ4n) is 2.25. The minimum absolute atomic E-state index is 0.0268. The number of benzene rings is 2. The van der Waals surface area contributed by atoms with Crippen LogP contribution in [0.5, 0.6) is 0 Å². The van der Waals surface area contributed by atoms with Crippen LogP contribution in [0.25, 0.3) is 0 Å². The van der Waals surface area contributed by atoms with Crippen LogP contribution in [0.15, 0.2) is 54.6 Å². The molecule has 0 spiro atoms. The van der Waals surface area contributed by atoms with E-state index in [0.29, 0.717) is 13.2 Å². The van der Waals surface area contributed by atoms with E-state index >= 15 is 0 Å². The van der Waals surface area contributed by atoms with Gasteiger partial charge in [-0.2, -0.15) is 0 Å². The highest BCUT2D eigenvalue weighted by molar-refractivity contribution is 5.74. The van der Waals surface area contributed by atoms with Gasteiger partial charge in [0.25, 0.3) is 0 Å². The molecule has 116 valence electrons. The first-order valence-electron chi connectivity index (χ1n) is 7.35. The van der Waals surface area contributed by atoms with Crippen molar-refractivity contribution in [3.05, 3.63) is 71.3 Å². The van der Waals surface area contributed by atoms with Crippen molar-refractivity contribution < 1.29 is 9.53 Å². The zero-order valence-corrected chi connectivity index (χ0v) is 13.0. The Morgan fingerprint density at radius 1 is 1.09 bits per heavy atom. The van der Waals surface area contributed by atoms with E-state index in [1.807, 2.05) is 61.5 Å². The van der Waals surface area contributed by atoms with Crippen LogP contribution in [-0.2, 0) is 17.9 Å². The molecule has 2 amide bonds. The molecule has 0 aliphatic heterocycles. The number of amides is 2. The molecule has 0 aromatic heterocycles. The van der Waals surface area contributed by atoms with Gasteiger partial charge in [-0.25, -0.2) is 4.79 Å². The number of carbonyl (C=O) groups is 1. The van der Waals surface area contributed by atoms with Crippen LogP contribution in [0.3, 0.4) is 0 Å². The van der Waals surface area contributed by atoms with E-state index in [4.69, 9.17) is 4.74 Å². The standard InChI is InChI=1S/C18H22N2O2/c1-14(17-9-4-3-5-10-17)20-18(21)19-12-15-7-6-8-16(11-15)13-22-2/h3-11,14H,12-13H2,1-2H3,(H2,19,20,21)/t14-/m1/s1. The van der Waals surface area contributed by atoms with Crippen molar-refractivity contribution >= 4 is 6.03 Å². The lowest BCUT2D eigenvalue weighted by Gasteiger charge is -2.15. The van der Waals surface area contributed by atoms with Crippen LogP contribution in [0.1, 0.15) is 29.7 Å². The van der Waals surface area contributed by atoms with Gasteiger partial charge < -0.3 is 15.4 Å². The quantitative estimate of drug-likeness (QED) is 0.859. The Balaban J connectivity index is 1.84. The summed E-state index contributed by atoms with van der Waals surface area (Å²) in [6.45, 7) is 3.03. The van der Waals surface area contributed by atoms with Crippen LogP contribution < -0.4 is 10.6 Å². The molecular formula is C18H22N2O2. The highest BCUT2D eigenvalue weighted by atomic mass is 16.5. The molecule has 4 nitrogen and oxygen atoms in total. The summed E-state index contributed by atoms with van der Waals surface area (Å²) >= 11 is 0. The van der Waals surface area contributed by atoms with Gasteiger partial charge in [-0.05, 0) is 23.6 Å². The first-order valence-corrected chi connectivity index (χ1v) is 7.35. The maximum absolute atomic E-state index is 12.0. The molecule has 1 atom stereocenters. The van der Waals surface area contributed by atoms with Crippen molar-refractivity contribution in [2.45, 2.75) is 26.1 Å². The lowest BCUT2D eigenvalue weighted by Crippen LogP contribution is -2.36. The van der Waals surface area contributed by atoms with Gasteiger partial charge in [0.2, 0.25) is 0 Å². The fourth-order valence-corrected chi connectivity index (χ4v) is 2.25. The van der Waals surface area contributed by atoms with Crippen LogP contribution in [-0.4, -0.2) is 13.1 Å². The second-order valence-electron chi connectivity index (χ2n) is 5.21. The van der Waals surface area contributed by atoms with E-state index in [9.17, 15) is 4.79 Å². The summed E-state index contributed by atoms with van der Waals surface area (Å²) in [5, 5.41) is 5.81. The minimum Gasteiger partial charge on any atom is -0.380 e. The second kappa shape index (κ2) is 8.20. The third-order valence-electron chi connectivity index (χ3n) is 3.40. The van der Waals surface area contributed by atoms with Crippen molar-refractivity contribution in [3.8, 4) is 0 Å². The fraction of sp³-hybridized carbons (Fsp3) is 0.278. The molecule has 0 aliphatic rings. The van der Waals surface area contributed by atoms with Crippen LogP contribution >= 0.6 is 0 Å². The summed E-state index contributed by atoms with van der Waals surface area (Å²) < 4.78 is 5.11. The largest absolute Gasteiger partial charge is 0.380 e. The van der Waals surface area contributed by atoms with E-state index in [1.165, 1.54) is 0 Å². The normalized spacial score (nSPS) is 11.7. The monoisotopic (exact) mass is 298 g/mol. The highest BCUT2D eigenvalue weighted by Gasteiger charge is 2.08. The summed E-state index contributed by atoms with van der Waals surface area (Å²) in [5.74, 6) is 0. The van der Waals surface area contributed by atoms with E-state index in [2.05, 4.69) is 10.6 Å². The van der Waals surface area contributed by atoms with Gasteiger partial charge in [-0.1, -0.05) is 54.6 Å². The van der Waals surface area contributed by atoms with E-state index in [0.717, 1.165) is 16.7 Å². The van der Waals surface area contributed by atoms with E-state index < -0.39 is 0 Å². The number of rotatable bonds is 6. The number of hydrogen-bond acceptors (Lipinski definition) is 2. The Morgan fingerprint density at radius 2 is 1.82 bits per heavy atom. The van der Waals surface area contributed by atoms with Crippen molar-refractivity contribution in [1.82, 2.24) is 10.6 Å². The summed E-state index contributed by atoms with van der Waals surface area (Å²) in [5.41, 5.74) is 3.23. The molecule has 2 rings (SSSR count). The van der Waals surface area contributed by atoms with Gasteiger partial charge in [0.05, 0.1) is 12.6 Å². The van der Waals surface area contributed by atoms with Crippen molar-refractivity contribution in [1.29, 1.82) is 0 Å². The summed E-state index contributed by atoms with van der Waals surface area (Å²) in [6, 6.07) is 17.7. The average molecular weight is 298 g/mol. The maximum Gasteiger partial charge on any atom is 0.315 e. The van der Waals surface area contributed by atoms with Crippen molar-refractivity contribution in [3.63, 3.8) is 0 Å². The Morgan fingerprint density at radius 3 is 2.55 bits per heavy atom. The molecule has 0 saturated carbocycles. The van der Waals surface area contributed by atoms with Crippen LogP contribution in [0.2, 0.25) is 0 Å². The van der Waals surface area contributed by atoms with Gasteiger partial charge >= 0.3 is 6.03 Å². The number of hydrogen-bond donors (Lipinski definition) is 2. The maximum atomic E-state index is 12.0. The van der Waals surface area contributed by atoms with Crippen LogP contribution in [0, 0.1) is 0 Å². The Hall–Kier alpha value is -2.33. The van der Waals surface area contributed by atoms with Gasteiger partial charge in [0.1, 0.15) is 0 Å². The summed E-state index contributed by atoms with van der Waals surface area (Å²) in [4.78, 5) is 12.0. The molecule has 0 aliphatic carbocycles. The molecule has 0 radical (unpaired) electrons. The summed E-state index contributed by atoms with van der Waals surface area (Å²) in [7, 11) is 1.67.